The Morgan fingerprint density at radius 2 is 1.68 bits per heavy atom. The van der Waals surface area contributed by atoms with Crippen LogP contribution in [-0.4, -0.2) is 50.1 Å². The average Bonchev–Trinajstić information content (AvgIpc) is 3.66. The van der Waals surface area contributed by atoms with E-state index < -0.39 is 5.54 Å². The number of aromatic nitrogens is 3. The van der Waals surface area contributed by atoms with Crippen molar-refractivity contribution in [3.05, 3.63) is 82.4 Å². The fourth-order valence-electron chi connectivity index (χ4n) is 5.20. The van der Waals surface area contributed by atoms with Gasteiger partial charge in [0.05, 0.1) is 25.1 Å². The van der Waals surface area contributed by atoms with Crippen LogP contribution in [-0.2, 0) is 16.1 Å². The maximum absolute atomic E-state index is 14.0. The molecule has 1 aliphatic carbocycles. The number of hydrogen-bond acceptors (Lipinski definition) is 8. The Balaban J connectivity index is 1.43. The van der Waals surface area contributed by atoms with Crippen LogP contribution in [0.15, 0.2) is 71.2 Å². The predicted molar refractivity (Wildman–Crippen MR) is 163 cm³/mol. The minimum absolute atomic E-state index is 0.122. The molecule has 0 unspecified atom stereocenters. The van der Waals surface area contributed by atoms with Crippen LogP contribution in [0.2, 0.25) is 0 Å². The van der Waals surface area contributed by atoms with Gasteiger partial charge in [-0.3, -0.25) is 9.59 Å². The maximum Gasteiger partial charge on any atom is 0.250 e. The molecule has 2 aromatic carbocycles. The lowest BCUT2D eigenvalue weighted by atomic mass is 9.93. The SMILES string of the molecule is COc1ccc(NC(=O)C2(N(Cc3nc(-c4ccccc4)cs3)C(=O)CSc3nc(C)cc(C)n3)CCCC2)cc1. The molecule has 4 aromatic rings. The zero-order valence-electron chi connectivity index (χ0n) is 23.4. The van der Waals surface area contributed by atoms with Crippen molar-refractivity contribution in [2.45, 2.75) is 56.8 Å². The van der Waals surface area contributed by atoms with Gasteiger partial charge in [-0.05, 0) is 57.0 Å². The summed E-state index contributed by atoms with van der Waals surface area (Å²) in [5.41, 5.74) is 3.26. The van der Waals surface area contributed by atoms with Crippen molar-refractivity contribution in [2.75, 3.05) is 18.2 Å². The topological polar surface area (TPSA) is 97.3 Å². The van der Waals surface area contributed by atoms with Crippen LogP contribution in [0, 0.1) is 13.8 Å². The molecule has 1 fully saturated rings. The minimum Gasteiger partial charge on any atom is -0.497 e. The molecule has 1 saturated carbocycles. The summed E-state index contributed by atoms with van der Waals surface area (Å²) in [5, 5.41) is 6.42. The van der Waals surface area contributed by atoms with Gasteiger partial charge in [-0.25, -0.2) is 15.0 Å². The Kier molecular flexibility index (Phi) is 8.99. The van der Waals surface area contributed by atoms with Gasteiger partial charge in [-0.1, -0.05) is 54.9 Å². The van der Waals surface area contributed by atoms with E-state index in [0.29, 0.717) is 29.4 Å². The number of thiazole rings is 1. The van der Waals surface area contributed by atoms with Gasteiger partial charge in [0.25, 0.3) is 0 Å². The molecular formula is C31H33N5O3S2. The Morgan fingerprint density at radius 1 is 1.00 bits per heavy atom. The molecule has 2 heterocycles. The molecule has 0 spiro atoms. The van der Waals surface area contributed by atoms with Gasteiger partial charge in [-0.15, -0.1) is 11.3 Å². The first-order valence-electron chi connectivity index (χ1n) is 13.6. The third kappa shape index (κ3) is 6.77. The first-order chi connectivity index (χ1) is 19.9. The Labute approximate surface area is 248 Å². The Hall–Kier alpha value is -3.76. The molecule has 10 heteroatoms. The van der Waals surface area contributed by atoms with Crippen molar-refractivity contribution >= 4 is 40.6 Å². The number of hydrogen-bond donors (Lipinski definition) is 1. The molecule has 41 heavy (non-hydrogen) atoms. The lowest BCUT2D eigenvalue weighted by Gasteiger charge is -2.39. The lowest BCUT2D eigenvalue weighted by molar-refractivity contribution is -0.144. The van der Waals surface area contributed by atoms with Crippen molar-refractivity contribution in [3.63, 3.8) is 0 Å². The van der Waals surface area contributed by atoms with E-state index in [1.54, 1.807) is 24.1 Å². The Morgan fingerprint density at radius 3 is 2.34 bits per heavy atom. The second-order valence-corrected chi connectivity index (χ2v) is 12.0. The Bertz CT molecular complexity index is 1480. The summed E-state index contributed by atoms with van der Waals surface area (Å²) in [7, 11) is 1.60. The van der Waals surface area contributed by atoms with E-state index in [2.05, 4.69) is 15.3 Å². The van der Waals surface area contributed by atoms with Crippen LogP contribution in [0.5, 0.6) is 5.75 Å². The first kappa shape index (κ1) is 28.8. The average molecular weight is 588 g/mol. The fraction of sp³-hybridized carbons (Fsp3) is 0.323. The highest BCUT2D eigenvalue weighted by Gasteiger charge is 2.48. The number of ether oxygens (including phenoxy) is 1. The predicted octanol–water partition coefficient (Wildman–Crippen LogP) is 6.30. The van der Waals surface area contributed by atoms with Gasteiger partial charge in [-0.2, -0.15) is 0 Å². The number of thioether (sulfide) groups is 1. The van der Waals surface area contributed by atoms with Crippen LogP contribution in [0.4, 0.5) is 5.69 Å². The first-order valence-corrected chi connectivity index (χ1v) is 15.4. The number of benzene rings is 2. The summed E-state index contributed by atoms with van der Waals surface area (Å²) in [6, 6.07) is 19.1. The zero-order chi connectivity index (χ0) is 28.8. The summed E-state index contributed by atoms with van der Waals surface area (Å²) >= 11 is 2.80. The summed E-state index contributed by atoms with van der Waals surface area (Å²) < 4.78 is 5.26. The number of nitrogens with zero attached hydrogens (tertiary/aromatic N) is 4. The van der Waals surface area contributed by atoms with Gasteiger partial charge in [0.1, 0.15) is 16.3 Å². The van der Waals surface area contributed by atoms with Gasteiger partial charge < -0.3 is 15.0 Å². The van der Waals surface area contributed by atoms with Gasteiger partial charge in [0, 0.05) is 28.0 Å². The molecule has 0 saturated heterocycles. The molecule has 2 amide bonds. The fourth-order valence-corrected chi connectivity index (χ4v) is 6.82. The third-order valence-electron chi connectivity index (χ3n) is 7.22. The van der Waals surface area contributed by atoms with Crippen LogP contribution in [0.3, 0.4) is 0 Å². The molecule has 2 aromatic heterocycles. The van der Waals surface area contributed by atoms with Gasteiger partial charge in [0.2, 0.25) is 11.8 Å². The van der Waals surface area contributed by atoms with Crippen molar-refractivity contribution < 1.29 is 14.3 Å². The highest BCUT2D eigenvalue weighted by Crippen LogP contribution is 2.39. The molecule has 5 rings (SSSR count). The number of aryl methyl sites for hydroxylation is 2. The normalized spacial score (nSPS) is 14.0. The number of nitrogens with one attached hydrogen (secondary N) is 1. The van der Waals surface area contributed by atoms with Crippen LogP contribution in [0.25, 0.3) is 11.3 Å². The summed E-state index contributed by atoms with van der Waals surface area (Å²) in [5.74, 6) is 0.512. The zero-order valence-corrected chi connectivity index (χ0v) is 25.1. The van der Waals surface area contributed by atoms with E-state index >= 15 is 0 Å². The second-order valence-electron chi connectivity index (χ2n) is 10.1. The van der Waals surface area contributed by atoms with Crippen LogP contribution >= 0.6 is 23.1 Å². The van der Waals surface area contributed by atoms with Crippen molar-refractivity contribution in [1.82, 2.24) is 19.9 Å². The number of carbonyl (C=O) groups is 2. The van der Waals surface area contributed by atoms with E-state index in [1.165, 1.54) is 23.1 Å². The van der Waals surface area contributed by atoms with Gasteiger partial charge >= 0.3 is 0 Å². The number of carbonyl (C=O) groups excluding carboxylic acids is 2. The minimum atomic E-state index is -0.987. The number of amides is 2. The smallest absolute Gasteiger partial charge is 0.250 e. The van der Waals surface area contributed by atoms with Crippen LogP contribution in [0.1, 0.15) is 42.1 Å². The highest BCUT2D eigenvalue weighted by molar-refractivity contribution is 7.99. The van der Waals surface area contributed by atoms with Crippen molar-refractivity contribution in [1.29, 1.82) is 0 Å². The molecule has 0 bridgehead atoms. The van der Waals surface area contributed by atoms with E-state index in [1.807, 2.05) is 67.8 Å². The molecular weight excluding hydrogens is 555 g/mol. The molecule has 212 valence electrons. The van der Waals surface area contributed by atoms with Gasteiger partial charge in [0.15, 0.2) is 5.16 Å². The molecule has 0 radical (unpaired) electrons. The molecule has 8 nitrogen and oxygen atoms in total. The monoisotopic (exact) mass is 587 g/mol. The molecule has 0 aliphatic heterocycles. The van der Waals surface area contributed by atoms with Crippen molar-refractivity contribution in [2.24, 2.45) is 0 Å². The summed E-state index contributed by atoms with van der Waals surface area (Å²) in [6.07, 6.45) is 2.89. The maximum atomic E-state index is 14.0. The van der Waals surface area contributed by atoms with E-state index in [9.17, 15) is 9.59 Å². The largest absolute Gasteiger partial charge is 0.497 e. The number of methoxy groups -OCH3 is 1. The highest BCUT2D eigenvalue weighted by atomic mass is 32.2. The standard InChI is InChI=1S/C31H33N5O3S2/c1-21-17-22(2)33-30(32-21)41-20-28(37)36(18-27-35-26(19-40-27)23-9-5-4-6-10-23)31(15-7-8-16-31)29(38)34-24-11-13-25(39-3)14-12-24/h4-6,9-14,17,19H,7-8,15-16,18,20H2,1-3H3,(H,34,38). The number of anilines is 1. The molecule has 1 aliphatic rings. The van der Waals surface area contributed by atoms with Crippen molar-refractivity contribution in [3.8, 4) is 17.0 Å². The van der Waals surface area contributed by atoms with E-state index in [4.69, 9.17) is 9.72 Å². The quantitative estimate of drug-likeness (QED) is 0.172. The number of rotatable bonds is 10. The van der Waals surface area contributed by atoms with E-state index in [-0.39, 0.29) is 24.1 Å². The summed E-state index contributed by atoms with van der Waals surface area (Å²) in [4.78, 5) is 43.6. The second kappa shape index (κ2) is 12.8. The molecule has 1 N–H and O–H groups in total. The van der Waals surface area contributed by atoms with Crippen LogP contribution < -0.4 is 10.1 Å². The summed E-state index contributed by atoms with van der Waals surface area (Å²) in [6.45, 7) is 4.08. The third-order valence-corrected chi connectivity index (χ3v) is 8.89. The lowest BCUT2D eigenvalue weighted by Crippen LogP contribution is -2.57. The van der Waals surface area contributed by atoms with E-state index in [0.717, 1.165) is 40.5 Å². The molecule has 0 atom stereocenters.